The number of ether oxygens (including phenoxy) is 1. The first-order valence-electron chi connectivity index (χ1n) is 8.44. The van der Waals surface area contributed by atoms with Crippen molar-refractivity contribution >= 4 is 5.91 Å². The minimum absolute atomic E-state index is 0.322. The average molecular weight is 304 g/mol. The second-order valence-electron chi connectivity index (χ2n) is 5.84. The van der Waals surface area contributed by atoms with Crippen LogP contribution in [0.5, 0.6) is 5.75 Å². The highest BCUT2D eigenvalue weighted by Crippen LogP contribution is 2.15. The molecular weight excluding hydrogens is 276 g/mol. The van der Waals surface area contributed by atoms with Gasteiger partial charge < -0.3 is 9.64 Å². The van der Waals surface area contributed by atoms with Gasteiger partial charge in [0.15, 0.2) is 0 Å². The van der Waals surface area contributed by atoms with Crippen LogP contribution >= 0.6 is 0 Å². The van der Waals surface area contributed by atoms with E-state index in [4.69, 9.17) is 4.74 Å². The lowest BCUT2D eigenvalue weighted by Gasteiger charge is -2.34. The van der Waals surface area contributed by atoms with Gasteiger partial charge in [0.25, 0.3) is 0 Å². The van der Waals surface area contributed by atoms with Gasteiger partial charge in [-0.2, -0.15) is 0 Å². The fourth-order valence-corrected chi connectivity index (χ4v) is 2.76. The monoisotopic (exact) mass is 304 g/mol. The highest BCUT2D eigenvalue weighted by molar-refractivity contribution is 5.76. The number of hydrogen-bond acceptors (Lipinski definition) is 3. The molecule has 1 aromatic rings. The van der Waals surface area contributed by atoms with Crippen LogP contribution in [0.3, 0.4) is 0 Å². The molecule has 0 unspecified atom stereocenters. The van der Waals surface area contributed by atoms with Gasteiger partial charge in [-0.25, -0.2) is 0 Å². The van der Waals surface area contributed by atoms with Crippen molar-refractivity contribution in [3.05, 3.63) is 29.8 Å². The van der Waals surface area contributed by atoms with Crippen LogP contribution in [0.1, 0.15) is 38.7 Å². The van der Waals surface area contributed by atoms with Gasteiger partial charge >= 0.3 is 0 Å². The SMILES string of the molecule is CCCCC(=O)N1CCN(Cc2ccc(OCC)cc2)CC1. The topological polar surface area (TPSA) is 32.8 Å². The summed E-state index contributed by atoms with van der Waals surface area (Å²) in [6.45, 7) is 9.42. The molecule has 4 nitrogen and oxygen atoms in total. The van der Waals surface area contributed by atoms with Gasteiger partial charge in [0, 0.05) is 39.1 Å². The predicted octanol–water partition coefficient (Wildman–Crippen LogP) is 2.92. The Bertz CT molecular complexity index is 451. The molecule has 1 fully saturated rings. The first-order chi connectivity index (χ1) is 10.7. The number of hydrogen-bond donors (Lipinski definition) is 0. The van der Waals surface area contributed by atoms with Crippen molar-refractivity contribution in [2.45, 2.75) is 39.7 Å². The number of amides is 1. The third-order valence-electron chi connectivity index (χ3n) is 4.11. The molecule has 1 saturated heterocycles. The standard InChI is InChI=1S/C18H28N2O2/c1-3-5-6-18(21)20-13-11-19(12-14-20)15-16-7-9-17(10-8-16)22-4-2/h7-10H,3-6,11-15H2,1-2H3. The summed E-state index contributed by atoms with van der Waals surface area (Å²) in [5.41, 5.74) is 1.30. The van der Waals surface area contributed by atoms with Gasteiger partial charge in [-0.3, -0.25) is 9.69 Å². The van der Waals surface area contributed by atoms with Crippen LogP contribution in [0, 0.1) is 0 Å². The fourth-order valence-electron chi connectivity index (χ4n) is 2.76. The second kappa shape index (κ2) is 8.79. The molecule has 4 heteroatoms. The number of nitrogens with zero attached hydrogens (tertiary/aromatic N) is 2. The fraction of sp³-hybridized carbons (Fsp3) is 0.611. The summed E-state index contributed by atoms with van der Waals surface area (Å²) in [6.07, 6.45) is 2.80. The molecule has 0 atom stereocenters. The predicted molar refractivity (Wildman–Crippen MR) is 89.0 cm³/mol. The van der Waals surface area contributed by atoms with Crippen molar-refractivity contribution in [2.24, 2.45) is 0 Å². The van der Waals surface area contributed by atoms with Crippen molar-refractivity contribution in [3.63, 3.8) is 0 Å². The Kier molecular flexibility index (Phi) is 6.72. The summed E-state index contributed by atoms with van der Waals surface area (Å²) in [5.74, 6) is 1.25. The van der Waals surface area contributed by atoms with Crippen molar-refractivity contribution in [3.8, 4) is 5.75 Å². The van der Waals surface area contributed by atoms with Crippen molar-refractivity contribution in [2.75, 3.05) is 32.8 Å². The number of unbranched alkanes of at least 4 members (excludes halogenated alkanes) is 1. The van der Waals surface area contributed by atoms with E-state index in [0.29, 0.717) is 18.9 Å². The van der Waals surface area contributed by atoms with Crippen LogP contribution in [0.2, 0.25) is 0 Å². The molecule has 1 aliphatic rings. The lowest BCUT2D eigenvalue weighted by Crippen LogP contribution is -2.48. The molecule has 0 aromatic heterocycles. The molecule has 1 amide bonds. The second-order valence-corrected chi connectivity index (χ2v) is 5.84. The van der Waals surface area contributed by atoms with E-state index in [0.717, 1.165) is 51.3 Å². The highest BCUT2D eigenvalue weighted by Gasteiger charge is 2.20. The third-order valence-corrected chi connectivity index (χ3v) is 4.11. The van der Waals surface area contributed by atoms with Gasteiger partial charge in [-0.1, -0.05) is 25.5 Å². The van der Waals surface area contributed by atoms with Crippen LogP contribution < -0.4 is 4.74 Å². The summed E-state index contributed by atoms with van der Waals surface area (Å²) < 4.78 is 5.47. The number of carbonyl (C=O) groups is 1. The summed E-state index contributed by atoms with van der Waals surface area (Å²) >= 11 is 0. The number of rotatable bonds is 7. The zero-order chi connectivity index (χ0) is 15.8. The lowest BCUT2D eigenvalue weighted by atomic mass is 10.1. The van der Waals surface area contributed by atoms with E-state index < -0.39 is 0 Å². The Hall–Kier alpha value is -1.55. The summed E-state index contributed by atoms with van der Waals surface area (Å²) in [4.78, 5) is 16.4. The van der Waals surface area contributed by atoms with Gasteiger partial charge in [0.1, 0.15) is 5.75 Å². The van der Waals surface area contributed by atoms with E-state index in [9.17, 15) is 4.79 Å². The lowest BCUT2D eigenvalue weighted by molar-refractivity contribution is -0.133. The van der Waals surface area contributed by atoms with Crippen molar-refractivity contribution < 1.29 is 9.53 Å². The molecule has 0 spiro atoms. The number of carbonyl (C=O) groups excluding carboxylic acids is 1. The molecule has 2 rings (SSSR count). The van der Waals surface area contributed by atoms with E-state index in [-0.39, 0.29) is 0 Å². The largest absolute Gasteiger partial charge is 0.494 e. The van der Waals surface area contributed by atoms with Gasteiger partial charge in [-0.05, 0) is 31.0 Å². The smallest absolute Gasteiger partial charge is 0.222 e. The Balaban J connectivity index is 1.76. The Morgan fingerprint density at radius 2 is 1.77 bits per heavy atom. The summed E-state index contributed by atoms with van der Waals surface area (Å²) in [5, 5.41) is 0. The Labute approximate surface area is 134 Å². The minimum Gasteiger partial charge on any atom is -0.494 e. The normalized spacial score (nSPS) is 15.8. The first kappa shape index (κ1) is 16.8. The van der Waals surface area contributed by atoms with E-state index >= 15 is 0 Å². The first-order valence-corrected chi connectivity index (χ1v) is 8.44. The molecule has 0 aliphatic carbocycles. The maximum absolute atomic E-state index is 12.0. The van der Waals surface area contributed by atoms with Crippen LogP contribution in [0.15, 0.2) is 24.3 Å². The van der Waals surface area contributed by atoms with E-state index in [1.807, 2.05) is 24.0 Å². The zero-order valence-corrected chi connectivity index (χ0v) is 13.9. The molecule has 22 heavy (non-hydrogen) atoms. The molecule has 1 aliphatic heterocycles. The highest BCUT2D eigenvalue weighted by atomic mass is 16.5. The molecule has 122 valence electrons. The van der Waals surface area contributed by atoms with Crippen LogP contribution in [0.4, 0.5) is 0 Å². The van der Waals surface area contributed by atoms with Gasteiger partial charge in [0.2, 0.25) is 5.91 Å². The average Bonchev–Trinajstić information content (AvgIpc) is 2.55. The molecule has 0 saturated carbocycles. The quantitative estimate of drug-likeness (QED) is 0.776. The molecule has 1 heterocycles. The number of piperazine rings is 1. The molecule has 0 bridgehead atoms. The number of benzene rings is 1. The summed E-state index contributed by atoms with van der Waals surface area (Å²) in [7, 11) is 0. The molecular formula is C18H28N2O2. The van der Waals surface area contributed by atoms with E-state index in [2.05, 4.69) is 24.0 Å². The van der Waals surface area contributed by atoms with Crippen LogP contribution in [-0.2, 0) is 11.3 Å². The van der Waals surface area contributed by atoms with Gasteiger partial charge in [-0.15, -0.1) is 0 Å². The molecule has 0 N–H and O–H groups in total. The maximum atomic E-state index is 12.0. The van der Waals surface area contributed by atoms with Crippen molar-refractivity contribution in [1.29, 1.82) is 0 Å². The minimum atomic E-state index is 0.322. The third kappa shape index (κ3) is 5.02. The van der Waals surface area contributed by atoms with E-state index in [1.165, 1.54) is 5.56 Å². The van der Waals surface area contributed by atoms with Crippen LogP contribution in [0.25, 0.3) is 0 Å². The Morgan fingerprint density at radius 3 is 2.36 bits per heavy atom. The summed E-state index contributed by atoms with van der Waals surface area (Å²) in [6, 6.07) is 8.32. The molecule has 0 radical (unpaired) electrons. The zero-order valence-electron chi connectivity index (χ0n) is 13.9. The van der Waals surface area contributed by atoms with E-state index in [1.54, 1.807) is 0 Å². The molecule has 1 aromatic carbocycles. The van der Waals surface area contributed by atoms with Crippen LogP contribution in [-0.4, -0.2) is 48.5 Å². The maximum Gasteiger partial charge on any atom is 0.222 e. The van der Waals surface area contributed by atoms with Gasteiger partial charge in [0.05, 0.1) is 6.61 Å². The Morgan fingerprint density at radius 1 is 1.09 bits per heavy atom. The van der Waals surface area contributed by atoms with Crippen molar-refractivity contribution in [1.82, 2.24) is 9.80 Å².